The summed E-state index contributed by atoms with van der Waals surface area (Å²) < 4.78 is 32.1. The second-order valence-electron chi connectivity index (χ2n) is 4.47. The van der Waals surface area contributed by atoms with Crippen LogP contribution < -0.4 is 4.72 Å². The number of nitrogens with one attached hydrogen (secondary N) is 1. The Bertz CT molecular complexity index is 582. The highest BCUT2D eigenvalue weighted by Crippen LogP contribution is 2.17. The van der Waals surface area contributed by atoms with Gasteiger partial charge in [-0.15, -0.1) is 0 Å². The summed E-state index contributed by atoms with van der Waals surface area (Å²) in [5.74, 6) is -1.16. The topological polar surface area (TPSA) is 92.7 Å². The zero-order chi connectivity index (χ0) is 15.3. The van der Waals surface area contributed by atoms with Crippen LogP contribution in [0.15, 0.2) is 23.1 Å². The van der Waals surface area contributed by atoms with Crippen molar-refractivity contribution in [1.82, 2.24) is 4.72 Å². The van der Waals surface area contributed by atoms with Crippen LogP contribution in [0.5, 0.6) is 0 Å². The monoisotopic (exact) mass is 301 g/mol. The lowest BCUT2D eigenvalue weighted by molar-refractivity contribution is 0.0696. The molecule has 0 amide bonds. The molecule has 1 atom stereocenters. The molecule has 1 rings (SSSR count). The average Bonchev–Trinajstić information content (AvgIpc) is 2.35. The molecule has 0 radical (unpaired) electrons. The molecule has 7 heteroatoms. The molecular formula is C13H19NO5S. The summed E-state index contributed by atoms with van der Waals surface area (Å²) in [4.78, 5) is 10.9. The van der Waals surface area contributed by atoms with Gasteiger partial charge in [0.15, 0.2) is 0 Å². The van der Waals surface area contributed by atoms with Gasteiger partial charge in [-0.2, -0.15) is 0 Å². The number of carboxylic acids is 1. The predicted octanol–water partition coefficient (Wildman–Crippen LogP) is 1.40. The van der Waals surface area contributed by atoms with Crippen molar-refractivity contribution in [2.24, 2.45) is 0 Å². The highest BCUT2D eigenvalue weighted by atomic mass is 32.2. The maximum absolute atomic E-state index is 12.2. The van der Waals surface area contributed by atoms with Crippen LogP contribution in [0.1, 0.15) is 29.8 Å². The quantitative estimate of drug-likeness (QED) is 0.794. The number of ether oxygens (including phenoxy) is 1. The van der Waals surface area contributed by atoms with Crippen LogP contribution in [0.2, 0.25) is 0 Å². The van der Waals surface area contributed by atoms with Crippen LogP contribution >= 0.6 is 0 Å². The van der Waals surface area contributed by atoms with Crippen LogP contribution in [-0.4, -0.2) is 38.7 Å². The Morgan fingerprint density at radius 3 is 2.65 bits per heavy atom. The lowest BCUT2D eigenvalue weighted by atomic mass is 10.1. The van der Waals surface area contributed by atoms with Crippen LogP contribution in [0, 0.1) is 6.92 Å². The molecule has 0 aliphatic carbocycles. The standard InChI is InChI=1S/C13H19NO5S/c1-4-19-8-10(3)14-20(17,18)12-7-11(13(15)16)6-5-9(12)2/h5-7,10,14H,4,8H2,1-3H3,(H,15,16). The van der Waals surface area contributed by atoms with Crippen molar-refractivity contribution in [2.75, 3.05) is 13.2 Å². The van der Waals surface area contributed by atoms with Crippen molar-refractivity contribution >= 4 is 16.0 Å². The molecule has 0 aromatic heterocycles. The Hall–Kier alpha value is -1.44. The molecule has 112 valence electrons. The van der Waals surface area contributed by atoms with Gasteiger partial charge in [0.2, 0.25) is 10.0 Å². The highest BCUT2D eigenvalue weighted by Gasteiger charge is 2.21. The number of hydrogen-bond donors (Lipinski definition) is 2. The van der Waals surface area contributed by atoms with Crippen molar-refractivity contribution in [3.8, 4) is 0 Å². The first-order valence-electron chi connectivity index (χ1n) is 6.22. The van der Waals surface area contributed by atoms with Gasteiger partial charge in [0.05, 0.1) is 17.1 Å². The lowest BCUT2D eigenvalue weighted by Gasteiger charge is -2.15. The molecule has 0 bridgehead atoms. The fraction of sp³-hybridized carbons (Fsp3) is 0.462. The molecule has 0 aliphatic rings. The first-order valence-corrected chi connectivity index (χ1v) is 7.70. The summed E-state index contributed by atoms with van der Waals surface area (Å²) in [7, 11) is -3.77. The number of aryl methyl sites for hydroxylation is 1. The van der Waals surface area contributed by atoms with Gasteiger partial charge in [-0.3, -0.25) is 0 Å². The highest BCUT2D eigenvalue weighted by molar-refractivity contribution is 7.89. The van der Waals surface area contributed by atoms with Crippen molar-refractivity contribution < 1.29 is 23.1 Å². The molecule has 0 saturated heterocycles. The first-order chi connectivity index (χ1) is 9.27. The van der Waals surface area contributed by atoms with Crippen molar-refractivity contribution in [3.63, 3.8) is 0 Å². The Morgan fingerprint density at radius 1 is 1.45 bits per heavy atom. The van der Waals surface area contributed by atoms with Gasteiger partial charge in [0.25, 0.3) is 0 Å². The number of rotatable bonds is 7. The van der Waals surface area contributed by atoms with E-state index < -0.39 is 22.0 Å². The number of sulfonamides is 1. The third-order valence-corrected chi connectivity index (χ3v) is 4.38. The minimum absolute atomic E-state index is 0.0271. The van der Waals surface area contributed by atoms with E-state index in [0.29, 0.717) is 12.2 Å². The summed E-state index contributed by atoms with van der Waals surface area (Å²) >= 11 is 0. The molecule has 1 aromatic rings. The second-order valence-corrected chi connectivity index (χ2v) is 6.15. The molecule has 1 unspecified atom stereocenters. The van der Waals surface area contributed by atoms with E-state index in [4.69, 9.17) is 9.84 Å². The molecule has 0 spiro atoms. The van der Waals surface area contributed by atoms with E-state index in [-0.39, 0.29) is 17.1 Å². The van der Waals surface area contributed by atoms with Gasteiger partial charge < -0.3 is 9.84 Å². The molecule has 0 saturated carbocycles. The van der Waals surface area contributed by atoms with Gasteiger partial charge in [-0.1, -0.05) is 6.07 Å². The molecular weight excluding hydrogens is 282 g/mol. The van der Waals surface area contributed by atoms with E-state index in [2.05, 4.69) is 4.72 Å². The molecule has 6 nitrogen and oxygen atoms in total. The Labute approximate surface area is 118 Å². The van der Waals surface area contributed by atoms with Crippen molar-refractivity contribution in [2.45, 2.75) is 31.7 Å². The maximum Gasteiger partial charge on any atom is 0.335 e. The van der Waals surface area contributed by atoms with Crippen molar-refractivity contribution in [1.29, 1.82) is 0 Å². The van der Waals surface area contributed by atoms with E-state index in [1.165, 1.54) is 12.1 Å². The Morgan fingerprint density at radius 2 is 2.10 bits per heavy atom. The summed E-state index contributed by atoms with van der Waals surface area (Å²) in [5.41, 5.74) is 0.430. The third-order valence-electron chi connectivity index (χ3n) is 2.65. The predicted molar refractivity (Wildman–Crippen MR) is 74.4 cm³/mol. The van der Waals surface area contributed by atoms with Crippen molar-refractivity contribution in [3.05, 3.63) is 29.3 Å². The largest absolute Gasteiger partial charge is 0.478 e. The molecule has 0 aliphatic heterocycles. The zero-order valence-electron chi connectivity index (χ0n) is 11.7. The van der Waals surface area contributed by atoms with Gasteiger partial charge in [0.1, 0.15) is 0 Å². The third kappa shape index (κ3) is 4.29. The Kier molecular flexibility index (Phi) is 5.67. The number of hydrogen-bond acceptors (Lipinski definition) is 4. The fourth-order valence-corrected chi connectivity index (χ4v) is 3.18. The molecule has 1 aromatic carbocycles. The van der Waals surface area contributed by atoms with E-state index in [0.717, 1.165) is 6.07 Å². The summed E-state index contributed by atoms with van der Waals surface area (Å²) in [6, 6.07) is 3.62. The molecule has 2 N–H and O–H groups in total. The molecule has 0 heterocycles. The normalized spacial score (nSPS) is 13.2. The number of carbonyl (C=O) groups is 1. The number of carboxylic acid groups (broad SMARTS) is 1. The zero-order valence-corrected chi connectivity index (χ0v) is 12.5. The molecule has 20 heavy (non-hydrogen) atoms. The van der Waals surface area contributed by atoms with Gasteiger partial charge in [-0.25, -0.2) is 17.9 Å². The van der Waals surface area contributed by atoms with E-state index in [1.807, 2.05) is 6.92 Å². The van der Waals surface area contributed by atoms with E-state index >= 15 is 0 Å². The smallest absolute Gasteiger partial charge is 0.335 e. The maximum atomic E-state index is 12.2. The summed E-state index contributed by atoms with van der Waals surface area (Å²) in [6.45, 7) is 5.88. The first kappa shape index (κ1) is 16.6. The summed E-state index contributed by atoms with van der Waals surface area (Å²) in [6.07, 6.45) is 0. The fourth-order valence-electron chi connectivity index (χ4n) is 1.68. The second kappa shape index (κ2) is 6.83. The number of aromatic carboxylic acids is 1. The minimum Gasteiger partial charge on any atom is -0.478 e. The average molecular weight is 301 g/mol. The van der Waals surface area contributed by atoms with E-state index in [9.17, 15) is 13.2 Å². The van der Waals surface area contributed by atoms with E-state index in [1.54, 1.807) is 13.8 Å². The van der Waals surface area contributed by atoms with Crippen LogP contribution in [0.3, 0.4) is 0 Å². The van der Waals surface area contributed by atoms with Crippen LogP contribution in [0.25, 0.3) is 0 Å². The van der Waals surface area contributed by atoms with Crippen LogP contribution in [-0.2, 0) is 14.8 Å². The van der Waals surface area contributed by atoms with Crippen LogP contribution in [0.4, 0.5) is 0 Å². The Balaban J connectivity index is 3.03. The lowest BCUT2D eigenvalue weighted by Crippen LogP contribution is -2.36. The van der Waals surface area contributed by atoms with Gasteiger partial charge >= 0.3 is 5.97 Å². The SMILES string of the molecule is CCOCC(C)NS(=O)(=O)c1cc(C(=O)O)ccc1C. The minimum atomic E-state index is -3.77. The van der Waals surface area contributed by atoms with Gasteiger partial charge in [0, 0.05) is 12.6 Å². The van der Waals surface area contributed by atoms with Gasteiger partial charge in [-0.05, 0) is 38.5 Å². The number of benzene rings is 1. The summed E-state index contributed by atoms with van der Waals surface area (Å²) in [5, 5.41) is 8.93. The molecule has 0 fully saturated rings.